The van der Waals surface area contributed by atoms with Crippen molar-refractivity contribution in [2.24, 2.45) is 0 Å². The first-order chi connectivity index (χ1) is 19.7. The number of benzene rings is 3. The summed E-state index contributed by atoms with van der Waals surface area (Å²) in [5.74, 6) is 0.0681. The maximum Gasteiger partial charge on any atom is 0.337 e. The Morgan fingerprint density at radius 3 is 2.49 bits per heavy atom. The summed E-state index contributed by atoms with van der Waals surface area (Å²) in [5, 5.41) is 16.0. The van der Waals surface area contributed by atoms with Crippen LogP contribution in [-0.4, -0.2) is 39.0 Å². The minimum atomic E-state index is -0.918. The smallest absolute Gasteiger partial charge is 0.337 e. The Bertz CT molecular complexity index is 1700. The highest BCUT2D eigenvalue weighted by Gasteiger charge is 2.20. The molecular weight excluding hydrogens is 559 g/mol. The molecule has 0 radical (unpaired) electrons. The molecule has 0 spiro atoms. The van der Waals surface area contributed by atoms with Crippen molar-refractivity contribution >= 4 is 45.8 Å². The second kappa shape index (κ2) is 11.9. The van der Waals surface area contributed by atoms with Gasteiger partial charge in [0.1, 0.15) is 18.0 Å². The van der Waals surface area contributed by atoms with Crippen molar-refractivity contribution in [3.8, 4) is 11.4 Å². The lowest BCUT2D eigenvalue weighted by Gasteiger charge is -2.23. The molecule has 3 aromatic carbocycles. The van der Waals surface area contributed by atoms with Crippen molar-refractivity contribution in [2.75, 3.05) is 18.5 Å². The summed E-state index contributed by atoms with van der Waals surface area (Å²) in [7, 11) is 2.04. The number of hydrogen-bond acceptors (Lipinski definition) is 4. The lowest BCUT2D eigenvalue weighted by molar-refractivity contribution is 0.0698. The van der Waals surface area contributed by atoms with Gasteiger partial charge in [0.25, 0.3) is 0 Å². The molecule has 0 aliphatic carbocycles. The van der Waals surface area contributed by atoms with Crippen LogP contribution in [0.1, 0.15) is 46.9 Å². The summed E-state index contributed by atoms with van der Waals surface area (Å²) in [4.78, 5) is 13.9. The lowest BCUT2D eigenvalue weighted by atomic mass is 10.0. The number of aromatic carboxylic acids is 1. The van der Waals surface area contributed by atoms with Crippen molar-refractivity contribution in [3.63, 3.8) is 0 Å². The molecule has 2 aromatic heterocycles. The van der Waals surface area contributed by atoms with Crippen molar-refractivity contribution in [1.82, 2.24) is 14.3 Å². The number of anilines is 1. The van der Waals surface area contributed by atoms with Crippen LogP contribution in [0, 0.1) is 6.92 Å². The molecule has 9 heteroatoms. The zero-order valence-electron chi connectivity index (χ0n) is 23.4. The topological polar surface area (TPSA) is 72.5 Å². The standard InChI is InChI=1S/C32H32Cl2N4O3/c1-20(2)24-17-35-38(31-26(33)9-7-10-27(31)34)30(24)19-41-22-12-13-28(21(3)16-22)36(4)14-15-37-18-25(32(39)40)23-8-5-6-11-29(23)37/h5-13,16-18,20H,14-15,19H2,1-4H3,(H,39,40). The fourth-order valence-corrected chi connectivity index (χ4v) is 5.73. The molecule has 1 N–H and O–H groups in total. The van der Waals surface area contributed by atoms with Gasteiger partial charge in [-0.1, -0.05) is 61.3 Å². The van der Waals surface area contributed by atoms with E-state index in [1.54, 1.807) is 23.0 Å². The Morgan fingerprint density at radius 2 is 1.80 bits per heavy atom. The number of carboxylic acid groups (broad SMARTS) is 1. The van der Waals surface area contributed by atoms with Crippen LogP contribution in [0.4, 0.5) is 5.69 Å². The minimum Gasteiger partial charge on any atom is -0.487 e. The number of ether oxygens (including phenoxy) is 1. The van der Waals surface area contributed by atoms with Crippen LogP contribution in [0.25, 0.3) is 16.6 Å². The Balaban J connectivity index is 1.32. The van der Waals surface area contributed by atoms with Gasteiger partial charge in [0.15, 0.2) is 0 Å². The van der Waals surface area contributed by atoms with Crippen molar-refractivity contribution in [2.45, 2.75) is 39.8 Å². The zero-order chi connectivity index (χ0) is 29.3. The van der Waals surface area contributed by atoms with E-state index in [9.17, 15) is 9.90 Å². The fraction of sp³-hybridized carbons (Fsp3) is 0.250. The van der Waals surface area contributed by atoms with E-state index >= 15 is 0 Å². The molecule has 212 valence electrons. The van der Waals surface area contributed by atoms with Gasteiger partial charge in [0, 0.05) is 42.9 Å². The first-order valence-electron chi connectivity index (χ1n) is 13.4. The number of aryl methyl sites for hydroxylation is 1. The van der Waals surface area contributed by atoms with E-state index in [1.807, 2.05) is 66.3 Å². The van der Waals surface area contributed by atoms with Gasteiger partial charge in [-0.15, -0.1) is 0 Å². The van der Waals surface area contributed by atoms with Crippen molar-refractivity contribution < 1.29 is 14.6 Å². The number of rotatable bonds is 10. The predicted molar refractivity (Wildman–Crippen MR) is 165 cm³/mol. The first-order valence-corrected chi connectivity index (χ1v) is 14.2. The van der Waals surface area contributed by atoms with Crippen molar-refractivity contribution in [3.05, 3.63) is 105 Å². The Morgan fingerprint density at radius 1 is 1.07 bits per heavy atom. The van der Waals surface area contributed by atoms with Gasteiger partial charge in [0.05, 0.1) is 27.5 Å². The van der Waals surface area contributed by atoms with Crippen LogP contribution in [0.15, 0.2) is 73.1 Å². The second-order valence-corrected chi connectivity index (χ2v) is 11.2. The summed E-state index contributed by atoms with van der Waals surface area (Å²) >= 11 is 13.0. The van der Waals surface area contributed by atoms with Crippen molar-refractivity contribution in [1.29, 1.82) is 0 Å². The number of halogens is 2. The molecule has 5 rings (SSSR count). The minimum absolute atomic E-state index is 0.241. The molecule has 41 heavy (non-hydrogen) atoms. The van der Waals surface area contributed by atoms with E-state index in [4.69, 9.17) is 27.9 Å². The highest BCUT2D eigenvalue weighted by molar-refractivity contribution is 6.37. The molecule has 0 unspecified atom stereocenters. The molecule has 0 aliphatic heterocycles. The molecule has 0 amide bonds. The third kappa shape index (κ3) is 5.78. The number of aromatic nitrogens is 3. The average Bonchev–Trinajstić information content (AvgIpc) is 3.52. The van der Waals surface area contributed by atoms with Gasteiger partial charge in [-0.3, -0.25) is 0 Å². The fourth-order valence-electron chi connectivity index (χ4n) is 5.18. The number of hydrogen-bond donors (Lipinski definition) is 1. The summed E-state index contributed by atoms with van der Waals surface area (Å²) in [6, 6.07) is 19.0. The van der Waals surface area contributed by atoms with Gasteiger partial charge in [-0.05, 0) is 60.4 Å². The Hall–Kier alpha value is -3.94. The van der Waals surface area contributed by atoms with E-state index in [2.05, 4.69) is 30.8 Å². The number of para-hydroxylation sites is 2. The Labute approximate surface area is 249 Å². The SMILES string of the molecule is Cc1cc(OCc2c(C(C)C)cnn2-c2c(Cl)cccc2Cl)ccc1N(C)CCn1cc(C(=O)O)c2ccccc21. The number of fused-ring (bicyclic) bond motifs is 1. The number of carbonyl (C=O) groups is 1. The average molecular weight is 592 g/mol. The van der Waals surface area contributed by atoms with Gasteiger partial charge in [0.2, 0.25) is 0 Å². The number of nitrogens with zero attached hydrogens (tertiary/aromatic N) is 4. The highest BCUT2D eigenvalue weighted by Crippen LogP contribution is 2.32. The Kier molecular flexibility index (Phi) is 8.29. The van der Waals surface area contributed by atoms with Crippen LogP contribution >= 0.6 is 23.2 Å². The van der Waals surface area contributed by atoms with Crippen LogP contribution in [-0.2, 0) is 13.2 Å². The third-order valence-corrected chi connectivity index (χ3v) is 7.93. The van der Waals surface area contributed by atoms with Crippen LogP contribution in [0.3, 0.4) is 0 Å². The maximum absolute atomic E-state index is 11.7. The summed E-state index contributed by atoms with van der Waals surface area (Å²) in [6.07, 6.45) is 3.57. The maximum atomic E-state index is 11.7. The summed E-state index contributed by atoms with van der Waals surface area (Å²) in [6.45, 7) is 7.94. The largest absolute Gasteiger partial charge is 0.487 e. The summed E-state index contributed by atoms with van der Waals surface area (Å²) < 4.78 is 10.1. The normalized spacial score (nSPS) is 11.4. The second-order valence-electron chi connectivity index (χ2n) is 10.4. The molecule has 0 bridgehead atoms. The van der Waals surface area contributed by atoms with E-state index in [0.717, 1.165) is 39.2 Å². The summed E-state index contributed by atoms with van der Waals surface area (Å²) in [5.41, 5.74) is 5.98. The third-order valence-electron chi connectivity index (χ3n) is 7.32. The molecule has 0 saturated heterocycles. The van der Waals surface area contributed by atoms with Gasteiger partial charge in [-0.2, -0.15) is 5.10 Å². The molecule has 0 fully saturated rings. The van der Waals surface area contributed by atoms with E-state index < -0.39 is 5.97 Å². The predicted octanol–water partition coefficient (Wildman–Crippen LogP) is 7.98. The van der Waals surface area contributed by atoms with Gasteiger partial charge < -0.3 is 19.3 Å². The molecule has 7 nitrogen and oxygen atoms in total. The van der Waals surface area contributed by atoms with Crippen LogP contribution in [0.2, 0.25) is 10.0 Å². The lowest BCUT2D eigenvalue weighted by Crippen LogP contribution is -2.23. The van der Waals surface area contributed by atoms with E-state index in [0.29, 0.717) is 41.0 Å². The monoisotopic (exact) mass is 590 g/mol. The first kappa shape index (κ1) is 28.6. The molecule has 2 heterocycles. The van der Waals surface area contributed by atoms with Gasteiger partial charge in [-0.25, -0.2) is 9.48 Å². The molecular formula is C32H32Cl2N4O3. The molecule has 0 saturated carbocycles. The molecule has 5 aromatic rings. The van der Waals surface area contributed by atoms with E-state index in [-0.39, 0.29) is 5.92 Å². The quantitative estimate of drug-likeness (QED) is 0.178. The molecule has 0 aliphatic rings. The number of carboxylic acids is 1. The highest BCUT2D eigenvalue weighted by atomic mass is 35.5. The van der Waals surface area contributed by atoms with Crippen LogP contribution in [0.5, 0.6) is 5.75 Å². The number of likely N-dealkylation sites (N-methyl/N-ethyl adjacent to an activating group) is 1. The van der Waals surface area contributed by atoms with Gasteiger partial charge >= 0.3 is 5.97 Å². The van der Waals surface area contributed by atoms with Crippen LogP contribution < -0.4 is 9.64 Å². The zero-order valence-corrected chi connectivity index (χ0v) is 24.9. The van der Waals surface area contributed by atoms with E-state index in [1.165, 1.54) is 0 Å². The molecule has 0 atom stereocenters.